The molecule has 88 valence electrons. The number of carboxylic acid groups (broad SMARTS) is 1. The Morgan fingerprint density at radius 3 is 3.00 bits per heavy atom. The van der Waals surface area contributed by atoms with E-state index in [1.807, 2.05) is 29.6 Å². The van der Waals surface area contributed by atoms with E-state index in [0.717, 1.165) is 30.8 Å². The van der Waals surface area contributed by atoms with E-state index in [2.05, 4.69) is 5.10 Å². The molecule has 5 nitrogen and oxygen atoms in total. The molecule has 1 saturated heterocycles. The number of carbonyl (C=O) groups is 1. The van der Waals surface area contributed by atoms with Crippen LogP contribution in [0.3, 0.4) is 0 Å². The Morgan fingerprint density at radius 1 is 1.69 bits per heavy atom. The highest BCUT2D eigenvalue weighted by molar-refractivity contribution is 5.69. The van der Waals surface area contributed by atoms with E-state index in [-0.39, 0.29) is 12.6 Å². The second kappa shape index (κ2) is 4.25. The Labute approximate surface area is 94.7 Å². The van der Waals surface area contributed by atoms with Gasteiger partial charge in [-0.25, -0.2) is 0 Å². The molecule has 0 aromatic carbocycles. The summed E-state index contributed by atoms with van der Waals surface area (Å²) in [4.78, 5) is 12.8. The van der Waals surface area contributed by atoms with Crippen LogP contribution in [0.5, 0.6) is 0 Å². The number of aryl methyl sites for hydroxylation is 2. The zero-order valence-electron chi connectivity index (χ0n) is 9.68. The summed E-state index contributed by atoms with van der Waals surface area (Å²) in [6, 6.07) is 2.26. The molecule has 0 bridgehead atoms. The molecule has 2 rings (SSSR count). The number of aromatic nitrogens is 2. The number of aliphatic carboxylic acids is 1. The average molecular weight is 223 g/mol. The van der Waals surface area contributed by atoms with E-state index in [1.54, 1.807) is 0 Å². The fourth-order valence-electron chi connectivity index (χ4n) is 2.47. The number of hydrogen-bond donors (Lipinski definition) is 1. The molecule has 1 fully saturated rings. The van der Waals surface area contributed by atoms with Gasteiger partial charge in [0, 0.05) is 7.05 Å². The standard InChI is InChI=1S/C11H17N3O2/c1-8-6-10(13(2)12-8)9-4-3-5-14(9)7-11(15)16/h6,9H,3-5,7H2,1-2H3,(H,15,16). The molecule has 2 heterocycles. The normalized spacial score (nSPS) is 21.5. The van der Waals surface area contributed by atoms with Crippen molar-refractivity contribution in [2.75, 3.05) is 13.1 Å². The van der Waals surface area contributed by atoms with Gasteiger partial charge in [0.1, 0.15) is 0 Å². The maximum absolute atomic E-state index is 10.8. The lowest BCUT2D eigenvalue weighted by molar-refractivity contribution is -0.138. The number of carboxylic acids is 1. The maximum Gasteiger partial charge on any atom is 0.317 e. The number of rotatable bonds is 3. The van der Waals surface area contributed by atoms with Crippen molar-refractivity contribution in [2.24, 2.45) is 7.05 Å². The number of likely N-dealkylation sites (tertiary alicyclic amines) is 1. The molecule has 1 unspecified atom stereocenters. The van der Waals surface area contributed by atoms with Gasteiger partial charge in [0.2, 0.25) is 0 Å². The van der Waals surface area contributed by atoms with Gasteiger partial charge in [-0.2, -0.15) is 5.10 Å². The Kier molecular flexibility index (Phi) is 2.96. The first-order valence-corrected chi connectivity index (χ1v) is 5.54. The van der Waals surface area contributed by atoms with Crippen LogP contribution in [0, 0.1) is 6.92 Å². The fraction of sp³-hybridized carbons (Fsp3) is 0.636. The fourth-order valence-corrected chi connectivity index (χ4v) is 2.47. The van der Waals surface area contributed by atoms with Crippen molar-refractivity contribution >= 4 is 5.97 Å². The summed E-state index contributed by atoms with van der Waals surface area (Å²) in [5, 5.41) is 13.2. The molecule has 0 saturated carbocycles. The summed E-state index contributed by atoms with van der Waals surface area (Å²) in [6.45, 7) is 2.94. The minimum atomic E-state index is -0.759. The van der Waals surface area contributed by atoms with Crippen LogP contribution in [0.1, 0.15) is 30.3 Å². The molecule has 1 aromatic rings. The zero-order chi connectivity index (χ0) is 11.7. The van der Waals surface area contributed by atoms with Crippen LogP contribution in [0.4, 0.5) is 0 Å². The monoisotopic (exact) mass is 223 g/mol. The van der Waals surface area contributed by atoms with Crippen LogP contribution in [0.2, 0.25) is 0 Å². The Hall–Kier alpha value is -1.36. The molecule has 5 heteroatoms. The molecule has 1 aliphatic heterocycles. The van der Waals surface area contributed by atoms with Crippen molar-refractivity contribution in [3.8, 4) is 0 Å². The first-order valence-electron chi connectivity index (χ1n) is 5.54. The Bertz CT molecular complexity index is 400. The SMILES string of the molecule is Cc1cc(C2CCCN2CC(=O)O)n(C)n1. The molecule has 0 amide bonds. The van der Waals surface area contributed by atoms with Gasteiger partial charge in [-0.15, -0.1) is 0 Å². The van der Waals surface area contributed by atoms with Crippen LogP contribution in [0.15, 0.2) is 6.07 Å². The van der Waals surface area contributed by atoms with Crippen molar-refractivity contribution in [3.05, 3.63) is 17.5 Å². The third-order valence-corrected chi connectivity index (χ3v) is 3.08. The second-order valence-electron chi connectivity index (χ2n) is 4.36. The van der Waals surface area contributed by atoms with Gasteiger partial charge < -0.3 is 5.11 Å². The summed E-state index contributed by atoms with van der Waals surface area (Å²) in [5.41, 5.74) is 2.11. The molecular formula is C11H17N3O2. The minimum Gasteiger partial charge on any atom is -0.480 e. The molecule has 16 heavy (non-hydrogen) atoms. The van der Waals surface area contributed by atoms with Gasteiger partial charge in [0.05, 0.1) is 24.0 Å². The Balaban J connectivity index is 2.19. The van der Waals surface area contributed by atoms with Gasteiger partial charge in [0.25, 0.3) is 0 Å². The van der Waals surface area contributed by atoms with E-state index < -0.39 is 5.97 Å². The third-order valence-electron chi connectivity index (χ3n) is 3.08. The summed E-state index contributed by atoms with van der Waals surface area (Å²) in [7, 11) is 1.92. The van der Waals surface area contributed by atoms with Crippen LogP contribution < -0.4 is 0 Å². The van der Waals surface area contributed by atoms with Crippen LogP contribution in [-0.2, 0) is 11.8 Å². The molecule has 1 atom stereocenters. The van der Waals surface area contributed by atoms with Crippen molar-refractivity contribution in [1.29, 1.82) is 0 Å². The van der Waals surface area contributed by atoms with E-state index >= 15 is 0 Å². The van der Waals surface area contributed by atoms with Crippen LogP contribution in [0.25, 0.3) is 0 Å². The topological polar surface area (TPSA) is 58.4 Å². The lowest BCUT2D eigenvalue weighted by Crippen LogP contribution is -2.30. The van der Waals surface area contributed by atoms with Gasteiger partial charge in [-0.1, -0.05) is 0 Å². The summed E-state index contributed by atoms with van der Waals surface area (Å²) in [6.07, 6.45) is 2.08. The number of nitrogens with zero attached hydrogens (tertiary/aromatic N) is 3. The van der Waals surface area contributed by atoms with Gasteiger partial charge >= 0.3 is 5.97 Å². The molecule has 0 aliphatic carbocycles. The highest BCUT2D eigenvalue weighted by Crippen LogP contribution is 2.31. The van der Waals surface area contributed by atoms with Gasteiger partial charge in [0.15, 0.2) is 0 Å². The van der Waals surface area contributed by atoms with Crippen molar-refractivity contribution < 1.29 is 9.90 Å². The van der Waals surface area contributed by atoms with E-state index in [9.17, 15) is 4.79 Å². The molecule has 1 aliphatic rings. The quantitative estimate of drug-likeness (QED) is 0.829. The summed E-state index contributed by atoms with van der Waals surface area (Å²) in [5.74, 6) is -0.759. The van der Waals surface area contributed by atoms with Crippen molar-refractivity contribution in [1.82, 2.24) is 14.7 Å². The first kappa shape index (κ1) is 11.1. The second-order valence-corrected chi connectivity index (χ2v) is 4.36. The Morgan fingerprint density at radius 2 is 2.44 bits per heavy atom. The molecule has 0 spiro atoms. The zero-order valence-corrected chi connectivity index (χ0v) is 9.68. The maximum atomic E-state index is 10.8. The van der Waals surface area contributed by atoms with Crippen LogP contribution >= 0.6 is 0 Å². The number of hydrogen-bond acceptors (Lipinski definition) is 3. The molecule has 1 N–H and O–H groups in total. The van der Waals surface area contributed by atoms with E-state index in [4.69, 9.17) is 5.11 Å². The lowest BCUT2D eigenvalue weighted by Gasteiger charge is -2.22. The van der Waals surface area contributed by atoms with E-state index in [0.29, 0.717) is 0 Å². The van der Waals surface area contributed by atoms with Gasteiger partial charge in [-0.05, 0) is 32.4 Å². The highest BCUT2D eigenvalue weighted by atomic mass is 16.4. The third kappa shape index (κ3) is 2.09. The average Bonchev–Trinajstić information content (AvgIpc) is 2.72. The molecule has 0 radical (unpaired) electrons. The van der Waals surface area contributed by atoms with Gasteiger partial charge in [-0.3, -0.25) is 14.4 Å². The predicted molar refractivity (Wildman–Crippen MR) is 59.1 cm³/mol. The highest BCUT2D eigenvalue weighted by Gasteiger charge is 2.29. The minimum absolute atomic E-state index is 0.120. The van der Waals surface area contributed by atoms with E-state index in [1.165, 1.54) is 0 Å². The predicted octanol–water partition coefficient (Wildman–Crippen LogP) is 0.950. The van der Waals surface area contributed by atoms with Crippen molar-refractivity contribution in [3.63, 3.8) is 0 Å². The summed E-state index contributed by atoms with van der Waals surface area (Å²) >= 11 is 0. The van der Waals surface area contributed by atoms with Crippen LogP contribution in [-0.4, -0.2) is 38.8 Å². The summed E-state index contributed by atoms with van der Waals surface area (Å²) < 4.78 is 1.86. The molecule has 1 aromatic heterocycles. The first-order chi connectivity index (χ1) is 7.58. The lowest BCUT2D eigenvalue weighted by atomic mass is 10.1. The van der Waals surface area contributed by atoms with Crippen molar-refractivity contribution in [2.45, 2.75) is 25.8 Å². The molecular weight excluding hydrogens is 206 g/mol. The smallest absolute Gasteiger partial charge is 0.317 e. The largest absolute Gasteiger partial charge is 0.480 e.